The molecule has 2 aromatic rings. The van der Waals surface area contributed by atoms with Crippen molar-refractivity contribution in [3.63, 3.8) is 0 Å². The maximum atomic E-state index is 11.9. The molecular weight excluding hydrogens is 232 g/mol. The molecule has 3 heteroatoms. The number of benzene rings is 2. The summed E-state index contributed by atoms with van der Waals surface area (Å²) < 4.78 is 23.9. The third-order valence-electron chi connectivity index (χ3n) is 2.63. The summed E-state index contributed by atoms with van der Waals surface area (Å²) in [7, 11) is -3.17. The molecule has 0 aliphatic rings. The Morgan fingerprint density at radius 2 is 1.12 bits per heavy atom. The Balaban J connectivity index is 2.56. The number of hydrogen-bond acceptors (Lipinski definition) is 2. The fourth-order valence-corrected chi connectivity index (χ4v) is 3.25. The first-order valence-corrected chi connectivity index (χ1v) is 7.33. The van der Waals surface area contributed by atoms with Gasteiger partial charge in [-0.15, -0.1) is 0 Å². The predicted molar refractivity (Wildman–Crippen MR) is 69.6 cm³/mol. The molecule has 0 aliphatic heterocycles. The summed E-state index contributed by atoms with van der Waals surface area (Å²) in [5.74, 6) is 0. The van der Waals surface area contributed by atoms with Gasteiger partial charge in [0.05, 0.1) is 0 Å². The molecule has 2 rings (SSSR count). The Morgan fingerprint density at radius 3 is 1.41 bits per heavy atom. The average molecular weight is 246 g/mol. The van der Waals surface area contributed by atoms with Crippen LogP contribution in [0.3, 0.4) is 0 Å². The SMILES string of the molecule is CS(=O)(=O)C(c1ccccc1)c1ccccc1. The fraction of sp³-hybridized carbons (Fsp3) is 0.143. The van der Waals surface area contributed by atoms with Crippen LogP contribution in [0.1, 0.15) is 16.4 Å². The van der Waals surface area contributed by atoms with E-state index in [1.54, 1.807) is 0 Å². The second-order valence-corrected chi connectivity index (χ2v) is 6.16. The number of sulfone groups is 1. The minimum Gasteiger partial charge on any atom is -0.228 e. The van der Waals surface area contributed by atoms with Gasteiger partial charge < -0.3 is 0 Å². The molecule has 0 heterocycles. The highest BCUT2D eigenvalue weighted by Crippen LogP contribution is 2.29. The van der Waals surface area contributed by atoms with E-state index in [1.165, 1.54) is 6.26 Å². The van der Waals surface area contributed by atoms with Crippen molar-refractivity contribution in [2.45, 2.75) is 5.25 Å². The van der Waals surface area contributed by atoms with Crippen molar-refractivity contribution in [1.82, 2.24) is 0 Å². The van der Waals surface area contributed by atoms with Gasteiger partial charge in [-0.05, 0) is 11.1 Å². The van der Waals surface area contributed by atoms with Gasteiger partial charge in [0, 0.05) is 6.26 Å². The lowest BCUT2D eigenvalue weighted by atomic mass is 10.0. The van der Waals surface area contributed by atoms with Gasteiger partial charge in [0.25, 0.3) is 0 Å². The van der Waals surface area contributed by atoms with Crippen molar-refractivity contribution in [3.8, 4) is 0 Å². The summed E-state index contributed by atoms with van der Waals surface area (Å²) in [6, 6.07) is 18.6. The monoisotopic (exact) mass is 246 g/mol. The van der Waals surface area contributed by atoms with Crippen molar-refractivity contribution < 1.29 is 8.42 Å². The van der Waals surface area contributed by atoms with Gasteiger partial charge >= 0.3 is 0 Å². The molecule has 0 radical (unpaired) electrons. The van der Waals surface area contributed by atoms with Crippen molar-refractivity contribution >= 4 is 9.84 Å². The van der Waals surface area contributed by atoms with Gasteiger partial charge in [-0.25, -0.2) is 8.42 Å². The minimum atomic E-state index is -3.17. The standard InChI is InChI=1S/C14H14O2S/c1-17(15,16)14(12-8-4-2-5-9-12)13-10-6-3-7-11-13/h2-11,14H,1H3. The van der Waals surface area contributed by atoms with E-state index in [9.17, 15) is 8.42 Å². The molecular formula is C14H14O2S. The van der Waals surface area contributed by atoms with Crippen LogP contribution >= 0.6 is 0 Å². The average Bonchev–Trinajstić information content (AvgIpc) is 2.30. The summed E-state index contributed by atoms with van der Waals surface area (Å²) in [6.07, 6.45) is 1.28. The zero-order valence-electron chi connectivity index (χ0n) is 9.58. The molecule has 0 atom stereocenters. The van der Waals surface area contributed by atoms with Crippen molar-refractivity contribution in [2.75, 3.05) is 6.26 Å². The van der Waals surface area contributed by atoms with Crippen LogP contribution in [0.5, 0.6) is 0 Å². The largest absolute Gasteiger partial charge is 0.228 e. The molecule has 0 bridgehead atoms. The molecule has 88 valence electrons. The normalized spacial score (nSPS) is 11.6. The lowest BCUT2D eigenvalue weighted by Gasteiger charge is -2.15. The highest BCUT2D eigenvalue weighted by atomic mass is 32.2. The Bertz CT molecular complexity index is 535. The van der Waals surface area contributed by atoms with Crippen LogP contribution in [0.25, 0.3) is 0 Å². The Hall–Kier alpha value is -1.61. The van der Waals surface area contributed by atoms with E-state index in [0.29, 0.717) is 0 Å². The van der Waals surface area contributed by atoms with Gasteiger partial charge in [-0.1, -0.05) is 60.7 Å². The first kappa shape index (κ1) is 11.9. The summed E-state index contributed by atoms with van der Waals surface area (Å²) in [6.45, 7) is 0. The van der Waals surface area contributed by atoms with Gasteiger partial charge in [-0.3, -0.25) is 0 Å². The third kappa shape index (κ3) is 2.74. The molecule has 0 unspecified atom stereocenters. The van der Waals surface area contributed by atoms with Crippen LogP contribution in [0.4, 0.5) is 0 Å². The van der Waals surface area contributed by atoms with Gasteiger partial charge in [0.15, 0.2) is 9.84 Å². The number of hydrogen-bond donors (Lipinski definition) is 0. The number of rotatable bonds is 3. The van der Waals surface area contributed by atoms with Crippen LogP contribution in [0.15, 0.2) is 60.7 Å². The molecule has 0 N–H and O–H groups in total. The smallest absolute Gasteiger partial charge is 0.158 e. The zero-order chi connectivity index (χ0) is 12.3. The van der Waals surface area contributed by atoms with E-state index < -0.39 is 15.1 Å². The molecule has 0 aliphatic carbocycles. The molecule has 2 aromatic carbocycles. The summed E-state index contributed by atoms with van der Waals surface area (Å²) in [5.41, 5.74) is 1.61. The van der Waals surface area contributed by atoms with Gasteiger partial charge in [-0.2, -0.15) is 0 Å². The minimum absolute atomic E-state index is 0.579. The maximum absolute atomic E-state index is 11.9. The van der Waals surface area contributed by atoms with Crippen molar-refractivity contribution in [2.24, 2.45) is 0 Å². The van der Waals surface area contributed by atoms with Gasteiger partial charge in [0.1, 0.15) is 5.25 Å². The first-order chi connectivity index (χ1) is 8.09. The van der Waals surface area contributed by atoms with E-state index in [0.717, 1.165) is 11.1 Å². The predicted octanol–water partition coefficient (Wildman–Crippen LogP) is 2.82. The molecule has 0 aromatic heterocycles. The fourth-order valence-electron chi connectivity index (χ4n) is 1.94. The molecule has 17 heavy (non-hydrogen) atoms. The molecule has 0 spiro atoms. The quantitative estimate of drug-likeness (QED) is 0.834. The van der Waals surface area contributed by atoms with E-state index in [2.05, 4.69) is 0 Å². The second-order valence-electron chi connectivity index (χ2n) is 4.03. The lowest BCUT2D eigenvalue weighted by molar-refractivity contribution is 0.595. The Labute approximate surface area is 102 Å². The summed E-state index contributed by atoms with van der Waals surface area (Å²) >= 11 is 0. The first-order valence-electron chi connectivity index (χ1n) is 5.38. The molecule has 0 saturated carbocycles. The van der Waals surface area contributed by atoms with Crippen molar-refractivity contribution in [3.05, 3.63) is 71.8 Å². The molecule has 0 fully saturated rings. The van der Waals surface area contributed by atoms with E-state index >= 15 is 0 Å². The molecule has 0 saturated heterocycles. The zero-order valence-corrected chi connectivity index (χ0v) is 10.4. The Kier molecular flexibility index (Phi) is 3.29. The summed E-state index contributed by atoms with van der Waals surface area (Å²) in [4.78, 5) is 0. The highest BCUT2D eigenvalue weighted by molar-refractivity contribution is 7.91. The Morgan fingerprint density at radius 1 is 0.765 bits per heavy atom. The molecule has 0 amide bonds. The molecule has 2 nitrogen and oxygen atoms in total. The van der Waals surface area contributed by atoms with Crippen LogP contribution < -0.4 is 0 Å². The van der Waals surface area contributed by atoms with E-state index in [1.807, 2.05) is 60.7 Å². The lowest BCUT2D eigenvalue weighted by Crippen LogP contribution is -2.12. The summed E-state index contributed by atoms with van der Waals surface area (Å²) in [5, 5.41) is -0.579. The van der Waals surface area contributed by atoms with E-state index in [-0.39, 0.29) is 0 Å². The van der Waals surface area contributed by atoms with Crippen LogP contribution in [-0.2, 0) is 9.84 Å². The van der Waals surface area contributed by atoms with Gasteiger partial charge in [0.2, 0.25) is 0 Å². The topological polar surface area (TPSA) is 34.1 Å². The second kappa shape index (κ2) is 4.72. The highest BCUT2D eigenvalue weighted by Gasteiger charge is 2.24. The van der Waals surface area contributed by atoms with Crippen LogP contribution in [-0.4, -0.2) is 14.7 Å². The van der Waals surface area contributed by atoms with Crippen molar-refractivity contribution in [1.29, 1.82) is 0 Å². The van der Waals surface area contributed by atoms with E-state index in [4.69, 9.17) is 0 Å². The maximum Gasteiger partial charge on any atom is 0.158 e. The van der Waals surface area contributed by atoms with Crippen LogP contribution in [0, 0.1) is 0 Å². The third-order valence-corrected chi connectivity index (χ3v) is 4.03. The van der Waals surface area contributed by atoms with Crippen LogP contribution in [0.2, 0.25) is 0 Å².